The van der Waals surface area contributed by atoms with Crippen LogP contribution in [0.4, 0.5) is 0 Å². The van der Waals surface area contributed by atoms with Crippen molar-refractivity contribution < 1.29 is 4.79 Å². The molecular formula is C13H19IN2O. The van der Waals surface area contributed by atoms with Gasteiger partial charge in [0.25, 0.3) is 0 Å². The van der Waals surface area contributed by atoms with Crippen molar-refractivity contribution in [1.82, 2.24) is 10.6 Å². The Morgan fingerprint density at radius 2 is 1.82 bits per heavy atom. The molecule has 0 saturated carbocycles. The summed E-state index contributed by atoms with van der Waals surface area (Å²) in [5, 5.41) is 6.09. The molecule has 1 rings (SSSR count). The second kappa shape index (κ2) is 6.96. The molecule has 3 nitrogen and oxygen atoms in total. The summed E-state index contributed by atoms with van der Waals surface area (Å²) >= 11 is 2.28. The van der Waals surface area contributed by atoms with E-state index in [4.69, 9.17) is 0 Å². The fraction of sp³-hybridized carbons (Fsp3) is 0.462. The highest BCUT2D eigenvalue weighted by Gasteiger charge is 2.12. The fourth-order valence-corrected chi connectivity index (χ4v) is 1.74. The van der Waals surface area contributed by atoms with E-state index in [1.807, 2.05) is 20.8 Å². The highest BCUT2D eigenvalue weighted by Crippen LogP contribution is 2.06. The van der Waals surface area contributed by atoms with E-state index in [9.17, 15) is 4.79 Å². The van der Waals surface area contributed by atoms with Gasteiger partial charge in [0.2, 0.25) is 5.91 Å². The van der Waals surface area contributed by atoms with Crippen molar-refractivity contribution in [3.05, 3.63) is 33.4 Å². The van der Waals surface area contributed by atoms with Gasteiger partial charge in [-0.1, -0.05) is 12.1 Å². The van der Waals surface area contributed by atoms with Gasteiger partial charge >= 0.3 is 0 Å². The van der Waals surface area contributed by atoms with E-state index in [0.29, 0.717) is 6.54 Å². The Labute approximate surface area is 117 Å². The van der Waals surface area contributed by atoms with E-state index in [1.54, 1.807) is 0 Å². The van der Waals surface area contributed by atoms with E-state index in [-0.39, 0.29) is 18.0 Å². The Kier molecular flexibility index (Phi) is 5.91. The SMILES string of the molecule is CC(C)NC(=O)C(C)NCc1ccc(I)cc1. The molecule has 0 fully saturated rings. The van der Waals surface area contributed by atoms with Crippen molar-refractivity contribution in [1.29, 1.82) is 0 Å². The van der Waals surface area contributed by atoms with Crippen LogP contribution in [0.25, 0.3) is 0 Å². The predicted octanol–water partition coefficient (Wildman–Crippen LogP) is 2.29. The van der Waals surface area contributed by atoms with Gasteiger partial charge in [0.1, 0.15) is 0 Å². The first-order chi connectivity index (χ1) is 7.99. The quantitative estimate of drug-likeness (QED) is 0.804. The molecule has 94 valence electrons. The maximum atomic E-state index is 11.7. The van der Waals surface area contributed by atoms with E-state index in [0.717, 1.165) is 0 Å². The van der Waals surface area contributed by atoms with Crippen molar-refractivity contribution in [2.75, 3.05) is 0 Å². The van der Waals surface area contributed by atoms with Crippen molar-refractivity contribution in [2.45, 2.75) is 39.4 Å². The first-order valence-corrected chi connectivity index (χ1v) is 6.85. The van der Waals surface area contributed by atoms with Gasteiger partial charge in [-0.15, -0.1) is 0 Å². The lowest BCUT2D eigenvalue weighted by molar-refractivity contribution is -0.123. The van der Waals surface area contributed by atoms with Crippen LogP contribution in [0.1, 0.15) is 26.3 Å². The molecule has 0 radical (unpaired) electrons. The van der Waals surface area contributed by atoms with Crippen LogP contribution in [0.2, 0.25) is 0 Å². The minimum absolute atomic E-state index is 0.0468. The van der Waals surface area contributed by atoms with E-state index in [2.05, 4.69) is 57.5 Å². The van der Waals surface area contributed by atoms with E-state index in [1.165, 1.54) is 9.13 Å². The molecule has 0 heterocycles. The van der Waals surface area contributed by atoms with Gasteiger partial charge in [-0.25, -0.2) is 0 Å². The lowest BCUT2D eigenvalue weighted by Crippen LogP contribution is -2.44. The second-order valence-corrected chi connectivity index (χ2v) is 5.64. The van der Waals surface area contributed by atoms with Crippen LogP contribution >= 0.6 is 22.6 Å². The summed E-state index contributed by atoms with van der Waals surface area (Å²) in [6, 6.07) is 8.29. The number of amides is 1. The lowest BCUT2D eigenvalue weighted by Gasteiger charge is -2.16. The van der Waals surface area contributed by atoms with Crippen molar-refractivity contribution in [3.63, 3.8) is 0 Å². The molecule has 1 aromatic carbocycles. The van der Waals surface area contributed by atoms with Gasteiger partial charge in [0, 0.05) is 16.2 Å². The molecule has 4 heteroatoms. The maximum absolute atomic E-state index is 11.7. The Bertz CT molecular complexity index is 362. The molecule has 2 N–H and O–H groups in total. The summed E-state index contributed by atoms with van der Waals surface area (Å²) in [5.74, 6) is 0.0468. The molecule has 1 atom stereocenters. The van der Waals surface area contributed by atoms with Gasteiger partial charge in [-0.05, 0) is 61.1 Å². The highest BCUT2D eigenvalue weighted by molar-refractivity contribution is 14.1. The van der Waals surface area contributed by atoms with Gasteiger partial charge in [0.15, 0.2) is 0 Å². The third kappa shape index (κ3) is 5.50. The molecule has 0 aromatic heterocycles. The molecule has 0 spiro atoms. The van der Waals surface area contributed by atoms with E-state index < -0.39 is 0 Å². The monoisotopic (exact) mass is 346 g/mol. The molecule has 0 aliphatic carbocycles. The summed E-state index contributed by atoms with van der Waals surface area (Å²) in [5.41, 5.74) is 1.19. The topological polar surface area (TPSA) is 41.1 Å². The summed E-state index contributed by atoms with van der Waals surface area (Å²) in [7, 11) is 0. The zero-order valence-electron chi connectivity index (χ0n) is 10.5. The summed E-state index contributed by atoms with van der Waals surface area (Å²) < 4.78 is 1.22. The summed E-state index contributed by atoms with van der Waals surface area (Å²) in [6.07, 6.45) is 0. The van der Waals surface area contributed by atoms with Gasteiger partial charge in [0.05, 0.1) is 6.04 Å². The highest BCUT2D eigenvalue weighted by atomic mass is 127. The molecule has 1 aromatic rings. The number of halogens is 1. The first-order valence-electron chi connectivity index (χ1n) is 5.77. The normalized spacial score (nSPS) is 12.5. The van der Waals surface area contributed by atoms with Crippen molar-refractivity contribution in [2.24, 2.45) is 0 Å². The Balaban J connectivity index is 2.40. The molecular weight excluding hydrogens is 327 g/mol. The third-order valence-electron chi connectivity index (χ3n) is 2.35. The molecule has 0 aliphatic rings. The number of hydrogen-bond donors (Lipinski definition) is 2. The smallest absolute Gasteiger partial charge is 0.237 e. The van der Waals surface area contributed by atoms with Gasteiger partial charge in [-0.3, -0.25) is 4.79 Å². The molecule has 1 unspecified atom stereocenters. The van der Waals surface area contributed by atoms with Crippen molar-refractivity contribution >= 4 is 28.5 Å². The van der Waals surface area contributed by atoms with Gasteiger partial charge < -0.3 is 10.6 Å². The van der Waals surface area contributed by atoms with Crippen LogP contribution in [0.15, 0.2) is 24.3 Å². The molecule has 1 amide bonds. The number of hydrogen-bond acceptors (Lipinski definition) is 2. The average molecular weight is 346 g/mol. The zero-order valence-corrected chi connectivity index (χ0v) is 12.6. The third-order valence-corrected chi connectivity index (χ3v) is 3.07. The fourth-order valence-electron chi connectivity index (χ4n) is 1.38. The second-order valence-electron chi connectivity index (χ2n) is 4.39. The maximum Gasteiger partial charge on any atom is 0.237 e. The molecule has 0 aliphatic heterocycles. The minimum Gasteiger partial charge on any atom is -0.353 e. The molecule has 0 bridgehead atoms. The number of carbonyl (C=O) groups excluding carboxylic acids is 1. The van der Waals surface area contributed by atoms with Crippen LogP contribution in [0, 0.1) is 3.57 Å². The number of carbonyl (C=O) groups is 1. The van der Waals surface area contributed by atoms with Crippen LogP contribution in [-0.2, 0) is 11.3 Å². The Morgan fingerprint density at radius 3 is 2.35 bits per heavy atom. The molecule has 17 heavy (non-hydrogen) atoms. The van der Waals surface area contributed by atoms with Gasteiger partial charge in [-0.2, -0.15) is 0 Å². The van der Waals surface area contributed by atoms with Crippen LogP contribution in [0.5, 0.6) is 0 Å². The number of rotatable bonds is 5. The average Bonchev–Trinajstić information content (AvgIpc) is 2.27. The van der Waals surface area contributed by atoms with Crippen LogP contribution in [-0.4, -0.2) is 18.0 Å². The lowest BCUT2D eigenvalue weighted by atomic mass is 10.2. The predicted molar refractivity (Wildman–Crippen MR) is 78.7 cm³/mol. The van der Waals surface area contributed by atoms with Crippen LogP contribution < -0.4 is 10.6 Å². The standard InChI is InChI=1S/C13H19IN2O/c1-9(2)16-13(17)10(3)15-8-11-4-6-12(14)7-5-11/h4-7,9-10,15H,8H2,1-3H3,(H,16,17). The number of benzene rings is 1. The zero-order chi connectivity index (χ0) is 12.8. The summed E-state index contributed by atoms with van der Waals surface area (Å²) in [4.78, 5) is 11.7. The Morgan fingerprint density at radius 1 is 1.24 bits per heavy atom. The van der Waals surface area contributed by atoms with Crippen LogP contribution in [0.3, 0.4) is 0 Å². The first kappa shape index (κ1) is 14.4. The van der Waals surface area contributed by atoms with E-state index >= 15 is 0 Å². The molecule has 0 saturated heterocycles. The van der Waals surface area contributed by atoms with Crippen molar-refractivity contribution in [3.8, 4) is 0 Å². The largest absolute Gasteiger partial charge is 0.353 e. The Hall–Kier alpha value is -0.620. The summed E-state index contributed by atoms with van der Waals surface area (Å²) in [6.45, 7) is 6.52. The number of nitrogens with one attached hydrogen (secondary N) is 2. The minimum atomic E-state index is -0.170.